The van der Waals surface area contributed by atoms with Gasteiger partial charge in [-0.2, -0.15) is 0 Å². The average Bonchev–Trinajstić information content (AvgIpc) is 2.46. The Balaban J connectivity index is 2.06. The maximum Gasteiger partial charge on any atom is 0.175 e. The highest BCUT2D eigenvalue weighted by Gasteiger charge is 2.07. The van der Waals surface area contributed by atoms with Crippen LogP contribution in [0.3, 0.4) is 0 Å². The third-order valence-corrected chi connectivity index (χ3v) is 5.20. The van der Waals surface area contributed by atoms with E-state index in [1.54, 1.807) is 48.2 Å². The maximum atomic E-state index is 13.3. The molecule has 6 heteroatoms. The predicted octanol–water partition coefficient (Wildman–Crippen LogP) is 2.98. The van der Waals surface area contributed by atoms with Gasteiger partial charge in [0.1, 0.15) is 5.82 Å². The summed E-state index contributed by atoms with van der Waals surface area (Å²) < 4.78 is 36.1. The summed E-state index contributed by atoms with van der Waals surface area (Å²) in [7, 11) is -3.17. The zero-order valence-electron chi connectivity index (χ0n) is 11.5. The van der Waals surface area contributed by atoms with Gasteiger partial charge in [-0.05, 0) is 35.9 Å². The SMILES string of the molecule is CS(=O)(=O)c1ccc(SCc2ccc(F)c(CN)c2)cc1. The molecule has 2 N–H and O–H groups in total. The Hall–Kier alpha value is -1.37. The van der Waals surface area contributed by atoms with Crippen LogP contribution in [0.15, 0.2) is 52.3 Å². The summed E-state index contributed by atoms with van der Waals surface area (Å²) in [4.78, 5) is 1.26. The third-order valence-electron chi connectivity index (χ3n) is 2.99. The van der Waals surface area contributed by atoms with Gasteiger partial charge in [0.2, 0.25) is 0 Å². The Bertz CT molecular complexity index is 728. The molecule has 0 aliphatic heterocycles. The van der Waals surface area contributed by atoms with Crippen LogP contribution in [0.5, 0.6) is 0 Å². The van der Waals surface area contributed by atoms with Gasteiger partial charge >= 0.3 is 0 Å². The number of nitrogens with two attached hydrogens (primary N) is 1. The molecule has 0 bridgehead atoms. The minimum Gasteiger partial charge on any atom is -0.326 e. The molecule has 3 nitrogen and oxygen atoms in total. The monoisotopic (exact) mass is 325 g/mol. The van der Waals surface area contributed by atoms with E-state index in [4.69, 9.17) is 5.73 Å². The number of halogens is 1. The summed E-state index contributed by atoms with van der Waals surface area (Å²) in [5.41, 5.74) is 6.96. The fourth-order valence-corrected chi connectivity index (χ4v) is 3.30. The maximum absolute atomic E-state index is 13.3. The lowest BCUT2D eigenvalue weighted by Gasteiger charge is -2.06. The summed E-state index contributed by atoms with van der Waals surface area (Å²) in [6, 6.07) is 11.6. The molecule has 0 unspecified atom stereocenters. The van der Waals surface area contributed by atoms with Crippen molar-refractivity contribution in [3.05, 3.63) is 59.4 Å². The molecule has 0 aromatic heterocycles. The number of hydrogen-bond acceptors (Lipinski definition) is 4. The van der Waals surface area contributed by atoms with Gasteiger partial charge in [-0.1, -0.05) is 12.1 Å². The molecule has 21 heavy (non-hydrogen) atoms. The molecule has 0 heterocycles. The number of sulfone groups is 1. The molecular weight excluding hydrogens is 309 g/mol. The Labute approximate surface area is 128 Å². The van der Waals surface area contributed by atoms with Gasteiger partial charge in [0.15, 0.2) is 9.84 Å². The molecular formula is C15H16FNO2S2. The van der Waals surface area contributed by atoms with E-state index in [0.717, 1.165) is 10.5 Å². The van der Waals surface area contributed by atoms with Crippen molar-refractivity contribution < 1.29 is 12.8 Å². The second-order valence-corrected chi connectivity index (χ2v) is 7.73. The lowest BCUT2D eigenvalue weighted by atomic mass is 10.1. The van der Waals surface area contributed by atoms with Gasteiger partial charge in [0, 0.05) is 29.0 Å². The minimum atomic E-state index is -3.17. The molecule has 0 saturated heterocycles. The van der Waals surface area contributed by atoms with E-state index in [1.807, 2.05) is 0 Å². The number of hydrogen-bond donors (Lipinski definition) is 1. The highest BCUT2D eigenvalue weighted by Crippen LogP contribution is 2.25. The van der Waals surface area contributed by atoms with Crippen LogP contribution >= 0.6 is 11.8 Å². The van der Waals surface area contributed by atoms with Crippen LogP contribution in [0.4, 0.5) is 4.39 Å². The summed E-state index contributed by atoms with van der Waals surface area (Å²) in [5.74, 6) is 0.384. The molecule has 0 aliphatic carbocycles. The minimum absolute atomic E-state index is 0.174. The van der Waals surface area contributed by atoms with Crippen molar-refractivity contribution in [1.29, 1.82) is 0 Å². The van der Waals surface area contributed by atoms with Crippen LogP contribution in [0.1, 0.15) is 11.1 Å². The Kier molecular flexibility index (Phi) is 5.03. The van der Waals surface area contributed by atoms with Gasteiger partial charge in [0.25, 0.3) is 0 Å². The van der Waals surface area contributed by atoms with Gasteiger partial charge < -0.3 is 5.73 Å². The fraction of sp³-hybridized carbons (Fsp3) is 0.200. The first kappa shape index (κ1) is 16.0. The molecule has 2 aromatic rings. The van der Waals surface area contributed by atoms with E-state index >= 15 is 0 Å². The van der Waals surface area contributed by atoms with E-state index in [9.17, 15) is 12.8 Å². The van der Waals surface area contributed by atoms with Crippen molar-refractivity contribution in [3.8, 4) is 0 Å². The van der Waals surface area contributed by atoms with Crippen molar-refractivity contribution in [2.45, 2.75) is 22.1 Å². The van der Waals surface area contributed by atoms with E-state index in [0.29, 0.717) is 16.2 Å². The first-order valence-electron chi connectivity index (χ1n) is 6.30. The normalized spacial score (nSPS) is 11.6. The van der Waals surface area contributed by atoms with Crippen LogP contribution in [0.2, 0.25) is 0 Å². The van der Waals surface area contributed by atoms with Crippen LogP contribution in [0, 0.1) is 5.82 Å². The fourth-order valence-electron chi connectivity index (χ4n) is 1.82. The standard InChI is InChI=1S/C15H16FNO2S2/c1-21(18,19)14-5-3-13(4-6-14)20-10-11-2-7-15(16)12(8-11)9-17/h2-8H,9-10,17H2,1H3. The molecule has 0 amide bonds. The lowest BCUT2D eigenvalue weighted by molar-refractivity contribution is 0.601. The van der Waals surface area contributed by atoms with Crippen LogP contribution in [0.25, 0.3) is 0 Å². The Morgan fingerprint density at radius 3 is 2.38 bits per heavy atom. The van der Waals surface area contributed by atoms with E-state index < -0.39 is 9.84 Å². The van der Waals surface area contributed by atoms with Crippen molar-refractivity contribution in [1.82, 2.24) is 0 Å². The average molecular weight is 325 g/mol. The van der Waals surface area contributed by atoms with Crippen LogP contribution < -0.4 is 5.73 Å². The third kappa shape index (κ3) is 4.30. The molecule has 2 rings (SSSR count). The van der Waals surface area contributed by atoms with Crippen molar-refractivity contribution in [2.75, 3.05) is 6.26 Å². The number of rotatable bonds is 5. The largest absolute Gasteiger partial charge is 0.326 e. The summed E-state index contributed by atoms with van der Waals surface area (Å²) in [6.07, 6.45) is 1.18. The first-order valence-corrected chi connectivity index (χ1v) is 9.18. The molecule has 0 fully saturated rings. The summed E-state index contributed by atoms with van der Waals surface area (Å²) >= 11 is 1.56. The smallest absolute Gasteiger partial charge is 0.175 e. The van der Waals surface area contributed by atoms with Gasteiger partial charge in [0.05, 0.1) is 4.90 Å². The van der Waals surface area contributed by atoms with Gasteiger partial charge in [-0.3, -0.25) is 0 Å². The van der Waals surface area contributed by atoms with E-state index in [2.05, 4.69) is 0 Å². The predicted molar refractivity (Wildman–Crippen MR) is 83.4 cm³/mol. The highest BCUT2D eigenvalue weighted by molar-refractivity contribution is 7.98. The van der Waals surface area contributed by atoms with Crippen LogP contribution in [-0.4, -0.2) is 14.7 Å². The number of thioether (sulfide) groups is 1. The second-order valence-electron chi connectivity index (χ2n) is 4.66. The quantitative estimate of drug-likeness (QED) is 0.859. The van der Waals surface area contributed by atoms with Crippen molar-refractivity contribution >= 4 is 21.6 Å². The molecule has 0 aliphatic rings. The first-order chi connectivity index (χ1) is 9.90. The zero-order chi connectivity index (χ0) is 15.5. The summed E-state index contributed by atoms with van der Waals surface area (Å²) in [6.45, 7) is 0.174. The summed E-state index contributed by atoms with van der Waals surface area (Å²) in [5, 5.41) is 0. The molecule has 0 radical (unpaired) electrons. The second kappa shape index (κ2) is 6.60. The van der Waals surface area contributed by atoms with E-state index in [1.165, 1.54) is 12.3 Å². The van der Waals surface area contributed by atoms with Crippen molar-refractivity contribution in [2.24, 2.45) is 5.73 Å². The lowest BCUT2D eigenvalue weighted by Crippen LogP contribution is -2.00. The number of benzene rings is 2. The zero-order valence-corrected chi connectivity index (χ0v) is 13.2. The van der Waals surface area contributed by atoms with Crippen molar-refractivity contribution in [3.63, 3.8) is 0 Å². The van der Waals surface area contributed by atoms with Gasteiger partial charge in [-0.15, -0.1) is 11.8 Å². The molecule has 0 atom stereocenters. The topological polar surface area (TPSA) is 60.2 Å². The molecule has 2 aromatic carbocycles. The van der Waals surface area contributed by atoms with Gasteiger partial charge in [-0.25, -0.2) is 12.8 Å². The van der Waals surface area contributed by atoms with Crippen LogP contribution in [-0.2, 0) is 22.1 Å². The highest BCUT2D eigenvalue weighted by atomic mass is 32.2. The molecule has 0 spiro atoms. The Morgan fingerprint density at radius 1 is 1.14 bits per heavy atom. The molecule has 112 valence electrons. The van der Waals surface area contributed by atoms with E-state index in [-0.39, 0.29) is 12.4 Å². The molecule has 0 saturated carbocycles. The Morgan fingerprint density at radius 2 is 1.81 bits per heavy atom.